The zero-order chi connectivity index (χ0) is 18.1. The van der Waals surface area contributed by atoms with Crippen LogP contribution >= 0.6 is 0 Å². The summed E-state index contributed by atoms with van der Waals surface area (Å²) in [6.07, 6.45) is 2.09. The van der Waals surface area contributed by atoms with Crippen LogP contribution in [0.2, 0.25) is 0 Å². The van der Waals surface area contributed by atoms with E-state index in [9.17, 15) is 9.59 Å². The number of carbonyl (C=O) groups is 1. The Labute approximate surface area is 152 Å². The molecule has 1 N–H and O–H groups in total. The molecule has 2 aromatic carbocycles. The molecule has 2 heterocycles. The molecule has 1 aromatic heterocycles. The largest absolute Gasteiger partial charge is 0.337 e. The Morgan fingerprint density at radius 1 is 1.08 bits per heavy atom. The zero-order valence-electron chi connectivity index (χ0n) is 14.9. The fraction of sp³-hybridized carbons (Fsp3) is 0.333. The summed E-state index contributed by atoms with van der Waals surface area (Å²) in [6.45, 7) is 1.88. The van der Waals surface area contributed by atoms with Gasteiger partial charge in [-0.2, -0.15) is 0 Å². The van der Waals surface area contributed by atoms with Crippen molar-refractivity contribution in [3.05, 3.63) is 58.8 Å². The standard InChI is InChI=1S/C21H23N3O2/c1-22-13-15-7-6-12-23(15)20(25)14-24-18-10-4-2-8-16(18)21(26)17-9-3-5-11-19(17)24/h2-5,8-11,15,22H,6-7,12-14H2,1H3. The third kappa shape index (κ3) is 2.78. The number of para-hydroxylation sites is 2. The minimum Gasteiger partial charge on any atom is -0.337 e. The smallest absolute Gasteiger partial charge is 0.242 e. The van der Waals surface area contributed by atoms with Crippen molar-refractivity contribution < 1.29 is 4.79 Å². The Bertz CT molecular complexity index is 965. The maximum absolute atomic E-state index is 13.1. The van der Waals surface area contributed by atoms with Crippen LogP contribution in [-0.2, 0) is 11.3 Å². The van der Waals surface area contributed by atoms with Crippen LogP contribution in [0.15, 0.2) is 53.3 Å². The lowest BCUT2D eigenvalue weighted by atomic mass is 10.1. The summed E-state index contributed by atoms with van der Waals surface area (Å²) in [6, 6.07) is 15.3. The summed E-state index contributed by atoms with van der Waals surface area (Å²) >= 11 is 0. The first-order chi connectivity index (χ1) is 12.7. The Morgan fingerprint density at radius 2 is 1.69 bits per heavy atom. The van der Waals surface area contributed by atoms with Crippen LogP contribution in [0, 0.1) is 0 Å². The molecule has 0 bridgehead atoms. The number of nitrogens with one attached hydrogen (secondary N) is 1. The van der Waals surface area contributed by atoms with Crippen molar-refractivity contribution in [3.63, 3.8) is 0 Å². The molecule has 5 heteroatoms. The van der Waals surface area contributed by atoms with Crippen LogP contribution < -0.4 is 10.7 Å². The molecule has 0 aliphatic carbocycles. The van der Waals surface area contributed by atoms with E-state index in [0.717, 1.165) is 37.0 Å². The highest BCUT2D eigenvalue weighted by Gasteiger charge is 2.28. The van der Waals surface area contributed by atoms with Gasteiger partial charge in [-0.1, -0.05) is 24.3 Å². The number of fused-ring (bicyclic) bond motifs is 2. The molecule has 1 saturated heterocycles. The quantitative estimate of drug-likeness (QED) is 0.736. The van der Waals surface area contributed by atoms with Crippen molar-refractivity contribution in [2.45, 2.75) is 25.4 Å². The van der Waals surface area contributed by atoms with E-state index in [1.807, 2.05) is 65.0 Å². The van der Waals surface area contributed by atoms with Crippen LogP contribution in [0.4, 0.5) is 0 Å². The van der Waals surface area contributed by atoms with E-state index in [4.69, 9.17) is 0 Å². The number of pyridine rings is 1. The van der Waals surface area contributed by atoms with Crippen molar-refractivity contribution >= 4 is 27.7 Å². The van der Waals surface area contributed by atoms with Crippen molar-refractivity contribution in [2.75, 3.05) is 20.1 Å². The molecule has 0 spiro atoms. The van der Waals surface area contributed by atoms with Gasteiger partial charge in [-0.15, -0.1) is 0 Å². The summed E-state index contributed by atoms with van der Waals surface area (Å²) in [5, 5.41) is 4.50. The third-order valence-electron chi connectivity index (χ3n) is 5.31. The van der Waals surface area contributed by atoms with Crippen LogP contribution in [0.25, 0.3) is 21.8 Å². The first kappa shape index (κ1) is 16.8. The number of nitrogens with zero attached hydrogens (tertiary/aromatic N) is 2. The van der Waals surface area contributed by atoms with Crippen molar-refractivity contribution in [2.24, 2.45) is 0 Å². The van der Waals surface area contributed by atoms with Gasteiger partial charge in [0.25, 0.3) is 0 Å². The second-order valence-corrected chi connectivity index (χ2v) is 6.89. The molecule has 1 fully saturated rings. The SMILES string of the molecule is CNCC1CCCN1C(=O)Cn1c2ccccc2c(=O)c2ccccc21. The van der Waals surface area contributed by atoms with E-state index in [1.165, 1.54) is 0 Å². The molecule has 1 amide bonds. The molecule has 1 aliphatic heterocycles. The van der Waals surface area contributed by atoms with Gasteiger partial charge in [0.2, 0.25) is 5.91 Å². The molecule has 26 heavy (non-hydrogen) atoms. The topological polar surface area (TPSA) is 54.3 Å². The van der Waals surface area contributed by atoms with Crippen molar-refractivity contribution in [3.8, 4) is 0 Å². The van der Waals surface area contributed by atoms with E-state index >= 15 is 0 Å². The van der Waals surface area contributed by atoms with Crippen LogP contribution in [0.3, 0.4) is 0 Å². The van der Waals surface area contributed by atoms with Gasteiger partial charge in [0.1, 0.15) is 6.54 Å². The highest BCUT2D eigenvalue weighted by molar-refractivity contribution is 5.94. The molecule has 1 aliphatic rings. The first-order valence-corrected chi connectivity index (χ1v) is 9.15. The van der Waals surface area contributed by atoms with E-state index in [1.54, 1.807) is 0 Å². The van der Waals surface area contributed by atoms with Gasteiger partial charge in [0.05, 0.1) is 11.0 Å². The van der Waals surface area contributed by atoms with Crippen LogP contribution in [0.5, 0.6) is 0 Å². The number of likely N-dealkylation sites (N-methyl/N-ethyl adjacent to an activating group) is 1. The van der Waals surface area contributed by atoms with Crippen LogP contribution in [-0.4, -0.2) is 41.6 Å². The number of carbonyl (C=O) groups excluding carboxylic acids is 1. The van der Waals surface area contributed by atoms with Gasteiger partial charge < -0.3 is 14.8 Å². The van der Waals surface area contributed by atoms with Gasteiger partial charge in [0.15, 0.2) is 5.43 Å². The molecular weight excluding hydrogens is 326 g/mol. The predicted molar refractivity (Wildman–Crippen MR) is 104 cm³/mol. The van der Waals surface area contributed by atoms with E-state index in [0.29, 0.717) is 10.8 Å². The summed E-state index contributed by atoms with van der Waals surface area (Å²) in [5.41, 5.74) is 1.65. The molecular formula is C21H23N3O2. The van der Waals surface area contributed by atoms with Gasteiger partial charge >= 0.3 is 0 Å². The second-order valence-electron chi connectivity index (χ2n) is 6.89. The van der Waals surface area contributed by atoms with Crippen LogP contribution in [0.1, 0.15) is 12.8 Å². The number of hydrogen-bond donors (Lipinski definition) is 1. The normalized spacial score (nSPS) is 17.3. The Balaban J connectivity index is 1.81. The number of benzene rings is 2. The molecule has 3 aromatic rings. The summed E-state index contributed by atoms with van der Waals surface area (Å²) < 4.78 is 1.99. The number of rotatable bonds is 4. The Morgan fingerprint density at radius 3 is 2.31 bits per heavy atom. The highest BCUT2D eigenvalue weighted by atomic mass is 16.2. The minimum atomic E-state index is 0.0223. The second kappa shape index (κ2) is 6.92. The molecule has 0 radical (unpaired) electrons. The maximum atomic E-state index is 13.1. The number of hydrogen-bond acceptors (Lipinski definition) is 3. The van der Waals surface area contributed by atoms with Gasteiger partial charge in [-0.3, -0.25) is 9.59 Å². The Kier molecular flexibility index (Phi) is 4.47. The van der Waals surface area contributed by atoms with E-state index in [2.05, 4.69) is 5.32 Å². The fourth-order valence-corrected chi connectivity index (χ4v) is 4.09. The fourth-order valence-electron chi connectivity index (χ4n) is 4.09. The lowest BCUT2D eigenvalue weighted by Gasteiger charge is -2.26. The first-order valence-electron chi connectivity index (χ1n) is 9.15. The molecule has 1 atom stereocenters. The van der Waals surface area contributed by atoms with Gasteiger partial charge in [-0.25, -0.2) is 0 Å². The van der Waals surface area contributed by atoms with Crippen molar-refractivity contribution in [1.29, 1.82) is 0 Å². The minimum absolute atomic E-state index is 0.0223. The molecule has 4 rings (SSSR count). The van der Waals surface area contributed by atoms with E-state index in [-0.39, 0.29) is 23.9 Å². The van der Waals surface area contributed by atoms with Gasteiger partial charge in [0, 0.05) is 29.9 Å². The maximum Gasteiger partial charge on any atom is 0.242 e. The molecule has 1 unspecified atom stereocenters. The predicted octanol–water partition coefficient (Wildman–Crippen LogP) is 2.37. The number of amides is 1. The monoisotopic (exact) mass is 349 g/mol. The lowest BCUT2D eigenvalue weighted by molar-refractivity contribution is -0.132. The number of likely N-dealkylation sites (tertiary alicyclic amines) is 1. The average Bonchev–Trinajstić information content (AvgIpc) is 3.14. The molecule has 0 saturated carbocycles. The zero-order valence-corrected chi connectivity index (χ0v) is 14.9. The van der Waals surface area contributed by atoms with E-state index < -0.39 is 0 Å². The summed E-state index contributed by atoms with van der Waals surface area (Å²) in [4.78, 5) is 27.9. The molecule has 5 nitrogen and oxygen atoms in total. The third-order valence-corrected chi connectivity index (χ3v) is 5.31. The highest BCUT2D eigenvalue weighted by Crippen LogP contribution is 2.21. The van der Waals surface area contributed by atoms with Gasteiger partial charge in [-0.05, 0) is 44.2 Å². The number of aromatic nitrogens is 1. The molecule has 134 valence electrons. The average molecular weight is 349 g/mol. The lowest BCUT2D eigenvalue weighted by Crippen LogP contribution is -2.42. The Hall–Kier alpha value is -2.66. The summed E-state index contributed by atoms with van der Waals surface area (Å²) in [7, 11) is 1.92. The summed E-state index contributed by atoms with van der Waals surface area (Å²) in [5.74, 6) is 0.113. The van der Waals surface area contributed by atoms with Crippen molar-refractivity contribution in [1.82, 2.24) is 14.8 Å².